The van der Waals surface area contributed by atoms with Gasteiger partial charge in [0.05, 0.1) is 0 Å². The van der Waals surface area contributed by atoms with E-state index >= 15 is 0 Å². The number of alkyl halides is 1. The Labute approximate surface area is 152 Å². The summed E-state index contributed by atoms with van der Waals surface area (Å²) in [4.78, 5) is 0. The molecule has 0 nitrogen and oxygen atoms in total. The van der Waals surface area contributed by atoms with E-state index in [4.69, 9.17) is 0 Å². The molecular formula is C22H33Br. The number of halogens is 1. The number of allylic oxidation sites excluding steroid dienone is 12. The zero-order valence-electron chi connectivity index (χ0n) is 14.7. The average molecular weight is 377 g/mol. The third-order valence-corrected chi connectivity index (χ3v) is 3.66. The first-order valence-electron chi connectivity index (χ1n) is 8.87. The van der Waals surface area contributed by atoms with E-state index in [0.717, 1.165) is 43.9 Å². The zero-order chi connectivity index (χ0) is 16.8. The first-order chi connectivity index (χ1) is 11.4. The Hall–Kier alpha value is -1.08. The third-order valence-electron chi connectivity index (χ3n) is 3.10. The van der Waals surface area contributed by atoms with Gasteiger partial charge in [-0.2, -0.15) is 0 Å². The molecule has 0 heterocycles. The molecule has 0 saturated heterocycles. The molecular weight excluding hydrogens is 344 g/mol. The van der Waals surface area contributed by atoms with Crippen LogP contribution >= 0.6 is 15.9 Å². The first-order valence-corrected chi connectivity index (χ1v) is 9.99. The van der Waals surface area contributed by atoms with E-state index in [1.54, 1.807) is 0 Å². The summed E-state index contributed by atoms with van der Waals surface area (Å²) in [6.45, 7) is 2.16. The lowest BCUT2D eigenvalue weighted by atomic mass is 10.2. The molecule has 0 fully saturated rings. The number of rotatable bonds is 14. The number of unbranched alkanes of at least 4 members (excludes halogenated alkanes) is 1. The van der Waals surface area contributed by atoms with Crippen molar-refractivity contribution in [2.24, 2.45) is 0 Å². The van der Waals surface area contributed by atoms with Gasteiger partial charge < -0.3 is 0 Å². The van der Waals surface area contributed by atoms with Gasteiger partial charge in [-0.3, -0.25) is 0 Å². The molecule has 23 heavy (non-hydrogen) atoms. The highest BCUT2D eigenvalue weighted by molar-refractivity contribution is 9.09. The Morgan fingerprint density at radius 2 is 0.870 bits per heavy atom. The maximum atomic E-state index is 3.44. The second-order valence-electron chi connectivity index (χ2n) is 5.25. The van der Waals surface area contributed by atoms with Crippen molar-refractivity contribution in [2.75, 3.05) is 5.33 Å². The van der Waals surface area contributed by atoms with E-state index in [0.29, 0.717) is 0 Å². The molecule has 0 atom stereocenters. The van der Waals surface area contributed by atoms with Gasteiger partial charge in [-0.1, -0.05) is 95.8 Å². The molecule has 0 aliphatic rings. The summed E-state index contributed by atoms with van der Waals surface area (Å²) in [5.41, 5.74) is 0. The van der Waals surface area contributed by atoms with Crippen LogP contribution < -0.4 is 0 Å². The van der Waals surface area contributed by atoms with E-state index in [-0.39, 0.29) is 0 Å². The summed E-state index contributed by atoms with van der Waals surface area (Å²) < 4.78 is 0. The summed E-state index contributed by atoms with van der Waals surface area (Å²) in [7, 11) is 0. The van der Waals surface area contributed by atoms with E-state index in [1.807, 2.05) is 0 Å². The quantitative estimate of drug-likeness (QED) is 0.164. The Morgan fingerprint density at radius 1 is 0.522 bits per heavy atom. The van der Waals surface area contributed by atoms with Crippen molar-refractivity contribution in [2.45, 2.75) is 58.3 Å². The van der Waals surface area contributed by atoms with Crippen LogP contribution in [0.4, 0.5) is 0 Å². The molecule has 0 N–H and O–H groups in total. The molecule has 0 aromatic carbocycles. The van der Waals surface area contributed by atoms with Crippen molar-refractivity contribution >= 4 is 15.9 Å². The Morgan fingerprint density at radius 3 is 1.22 bits per heavy atom. The van der Waals surface area contributed by atoms with Gasteiger partial charge in [0.15, 0.2) is 0 Å². The van der Waals surface area contributed by atoms with Gasteiger partial charge in [-0.05, 0) is 51.4 Å². The standard InChI is InChI=1S/C22H33Br/c1-2-3-4-5-6-7-8-9-10-11-12-13-14-15-16-17-18-19-20-21-22-23/h3-4,6-7,9-10,12-13,15-16,18-19H,2,5,8,11,14,17,20-22H2,1H3/b4-3?,7-6?,10-9?,13-12?,16-15?,19-18-. The molecule has 0 aromatic heterocycles. The maximum Gasteiger partial charge on any atom is 0.00342 e. The largest absolute Gasteiger partial charge is 0.0928 e. The molecule has 0 aliphatic heterocycles. The smallest absolute Gasteiger partial charge is 0.00342 e. The Balaban J connectivity index is 3.47. The number of hydrogen-bond donors (Lipinski definition) is 0. The van der Waals surface area contributed by atoms with Crippen LogP contribution in [0, 0.1) is 0 Å². The van der Waals surface area contributed by atoms with Crippen molar-refractivity contribution in [3.8, 4) is 0 Å². The molecule has 0 bridgehead atoms. The minimum absolute atomic E-state index is 1.03. The monoisotopic (exact) mass is 376 g/mol. The van der Waals surface area contributed by atoms with Crippen LogP contribution in [0.3, 0.4) is 0 Å². The van der Waals surface area contributed by atoms with Crippen molar-refractivity contribution in [1.29, 1.82) is 0 Å². The van der Waals surface area contributed by atoms with Crippen LogP contribution in [0.1, 0.15) is 58.3 Å². The molecule has 0 unspecified atom stereocenters. The third kappa shape index (κ3) is 20.9. The second kappa shape index (κ2) is 20.9. The lowest BCUT2D eigenvalue weighted by molar-refractivity contribution is 0.974. The molecule has 0 amide bonds. The Bertz CT molecular complexity index is 394. The van der Waals surface area contributed by atoms with Crippen LogP contribution in [0.15, 0.2) is 72.9 Å². The van der Waals surface area contributed by atoms with Crippen LogP contribution in [0.2, 0.25) is 0 Å². The topological polar surface area (TPSA) is 0 Å². The highest BCUT2D eigenvalue weighted by atomic mass is 79.9. The van der Waals surface area contributed by atoms with E-state index in [9.17, 15) is 0 Å². The summed E-state index contributed by atoms with van der Waals surface area (Å²) >= 11 is 3.44. The highest BCUT2D eigenvalue weighted by Crippen LogP contribution is 1.98. The van der Waals surface area contributed by atoms with Crippen molar-refractivity contribution in [3.63, 3.8) is 0 Å². The van der Waals surface area contributed by atoms with Crippen molar-refractivity contribution in [3.05, 3.63) is 72.9 Å². The molecule has 0 radical (unpaired) electrons. The summed E-state index contributed by atoms with van der Waals surface area (Å²) in [6.07, 6.45) is 35.6. The number of hydrogen-bond acceptors (Lipinski definition) is 0. The van der Waals surface area contributed by atoms with E-state index in [2.05, 4.69) is 95.8 Å². The predicted octanol–water partition coefficient (Wildman–Crippen LogP) is 7.86. The molecule has 0 aliphatic carbocycles. The Kier molecular flexibility index (Phi) is 19.9. The fraction of sp³-hybridized carbons (Fsp3) is 0.455. The lowest BCUT2D eigenvalue weighted by Crippen LogP contribution is -1.69. The fourth-order valence-electron chi connectivity index (χ4n) is 1.83. The average Bonchev–Trinajstić information content (AvgIpc) is 2.57. The predicted molar refractivity (Wildman–Crippen MR) is 111 cm³/mol. The first kappa shape index (κ1) is 21.9. The van der Waals surface area contributed by atoms with Gasteiger partial charge in [-0.15, -0.1) is 0 Å². The summed E-state index contributed by atoms with van der Waals surface area (Å²) in [5.74, 6) is 0. The molecule has 128 valence electrons. The van der Waals surface area contributed by atoms with Gasteiger partial charge in [0.1, 0.15) is 0 Å². The van der Waals surface area contributed by atoms with E-state index < -0.39 is 0 Å². The highest BCUT2D eigenvalue weighted by Gasteiger charge is 1.78. The van der Waals surface area contributed by atoms with Gasteiger partial charge in [0, 0.05) is 5.33 Å². The molecule has 0 rings (SSSR count). The molecule has 0 saturated carbocycles. The van der Waals surface area contributed by atoms with Crippen molar-refractivity contribution in [1.82, 2.24) is 0 Å². The van der Waals surface area contributed by atoms with Crippen LogP contribution in [-0.4, -0.2) is 5.33 Å². The van der Waals surface area contributed by atoms with E-state index in [1.165, 1.54) is 12.8 Å². The van der Waals surface area contributed by atoms with Gasteiger partial charge in [0.2, 0.25) is 0 Å². The van der Waals surface area contributed by atoms with Crippen LogP contribution in [0.5, 0.6) is 0 Å². The van der Waals surface area contributed by atoms with Gasteiger partial charge >= 0.3 is 0 Å². The summed E-state index contributed by atoms with van der Waals surface area (Å²) in [6, 6.07) is 0. The van der Waals surface area contributed by atoms with Gasteiger partial charge in [-0.25, -0.2) is 0 Å². The SMILES string of the molecule is CCC=CCC=CCC=CCC=CCC=CC/C=C\CCCBr. The normalized spacial score (nSPS) is 13.3. The van der Waals surface area contributed by atoms with Crippen LogP contribution in [-0.2, 0) is 0 Å². The van der Waals surface area contributed by atoms with Crippen molar-refractivity contribution < 1.29 is 0 Å². The maximum absolute atomic E-state index is 3.44. The molecule has 1 heteroatoms. The van der Waals surface area contributed by atoms with Gasteiger partial charge in [0.25, 0.3) is 0 Å². The minimum Gasteiger partial charge on any atom is -0.0928 e. The van der Waals surface area contributed by atoms with Crippen LogP contribution in [0.25, 0.3) is 0 Å². The summed E-state index contributed by atoms with van der Waals surface area (Å²) in [5, 5.41) is 1.10. The minimum atomic E-state index is 1.03. The molecule has 0 spiro atoms. The lowest BCUT2D eigenvalue weighted by Gasteiger charge is -1.87. The fourth-order valence-corrected chi connectivity index (χ4v) is 2.16. The zero-order valence-corrected chi connectivity index (χ0v) is 16.3. The molecule has 0 aromatic rings. The second-order valence-corrected chi connectivity index (χ2v) is 6.04.